The van der Waals surface area contributed by atoms with Crippen LogP contribution in [0.3, 0.4) is 0 Å². The second kappa shape index (κ2) is 9.25. The first-order chi connectivity index (χ1) is 18.1. The molecule has 38 heavy (non-hydrogen) atoms. The van der Waals surface area contributed by atoms with Crippen molar-refractivity contribution in [2.24, 2.45) is 0 Å². The van der Waals surface area contributed by atoms with E-state index in [1.54, 1.807) is 24.3 Å². The maximum absolute atomic E-state index is 10.8. The van der Waals surface area contributed by atoms with Crippen molar-refractivity contribution < 1.29 is 40.9 Å². The molecule has 0 atom stereocenters. The SMILES string of the molecule is Oc1ccc(Cc2cc(O)n(-c3ccc(-n4c(O)cc(Cc5ccc(O)cc5O)c4O)cc3)c2O)c(O)c1. The monoisotopic (exact) mass is 516 g/mol. The molecule has 0 unspecified atom stereocenters. The molecule has 0 saturated carbocycles. The van der Waals surface area contributed by atoms with Crippen LogP contribution in [0.2, 0.25) is 0 Å². The zero-order valence-corrected chi connectivity index (χ0v) is 19.8. The van der Waals surface area contributed by atoms with Crippen LogP contribution in [0.15, 0.2) is 72.8 Å². The normalized spacial score (nSPS) is 11.2. The molecule has 0 aliphatic rings. The van der Waals surface area contributed by atoms with Crippen LogP contribution in [-0.2, 0) is 12.8 Å². The zero-order chi connectivity index (χ0) is 27.1. The highest BCUT2D eigenvalue weighted by Crippen LogP contribution is 2.37. The third-order valence-electron chi connectivity index (χ3n) is 6.33. The average Bonchev–Trinajstić information content (AvgIpc) is 3.30. The van der Waals surface area contributed by atoms with Gasteiger partial charge in [0, 0.05) is 48.2 Å². The lowest BCUT2D eigenvalue weighted by molar-refractivity contribution is 0.398. The Morgan fingerprint density at radius 2 is 0.789 bits per heavy atom. The first kappa shape index (κ1) is 24.3. The summed E-state index contributed by atoms with van der Waals surface area (Å²) in [5.41, 5.74) is 2.36. The molecule has 0 saturated heterocycles. The zero-order valence-electron chi connectivity index (χ0n) is 19.8. The molecule has 8 N–H and O–H groups in total. The van der Waals surface area contributed by atoms with E-state index in [1.165, 1.54) is 57.7 Å². The highest BCUT2D eigenvalue weighted by molar-refractivity contribution is 5.55. The van der Waals surface area contributed by atoms with Crippen molar-refractivity contribution in [2.45, 2.75) is 12.8 Å². The van der Waals surface area contributed by atoms with Crippen molar-refractivity contribution in [1.29, 1.82) is 0 Å². The molecule has 10 heteroatoms. The van der Waals surface area contributed by atoms with Gasteiger partial charge in [0.2, 0.25) is 11.8 Å². The minimum atomic E-state index is -0.245. The van der Waals surface area contributed by atoms with E-state index in [9.17, 15) is 40.9 Å². The Balaban J connectivity index is 1.42. The van der Waals surface area contributed by atoms with Crippen molar-refractivity contribution in [1.82, 2.24) is 9.13 Å². The summed E-state index contributed by atoms with van der Waals surface area (Å²) in [6, 6.07) is 17.2. The summed E-state index contributed by atoms with van der Waals surface area (Å²) in [7, 11) is 0. The minimum Gasteiger partial charge on any atom is -0.508 e. The number of rotatable bonds is 6. The number of aromatic hydroxyl groups is 8. The van der Waals surface area contributed by atoms with Crippen LogP contribution in [-0.4, -0.2) is 50.0 Å². The smallest absolute Gasteiger partial charge is 0.202 e. The number of hydrogen-bond donors (Lipinski definition) is 8. The van der Waals surface area contributed by atoms with Gasteiger partial charge in [0.1, 0.15) is 23.0 Å². The van der Waals surface area contributed by atoms with E-state index in [2.05, 4.69) is 0 Å². The summed E-state index contributed by atoms with van der Waals surface area (Å²) in [6.07, 6.45) is 0.197. The summed E-state index contributed by atoms with van der Waals surface area (Å²) in [4.78, 5) is 0. The maximum atomic E-state index is 10.8. The molecule has 194 valence electrons. The topological polar surface area (TPSA) is 172 Å². The molecule has 0 spiro atoms. The van der Waals surface area contributed by atoms with Crippen LogP contribution in [0.5, 0.6) is 46.5 Å². The Bertz CT molecular complexity index is 1530. The molecular formula is C28H24N2O8. The third kappa shape index (κ3) is 4.35. The first-order valence-electron chi connectivity index (χ1n) is 11.5. The predicted octanol–water partition coefficient (Wildman–Crippen LogP) is 4.09. The fourth-order valence-corrected chi connectivity index (χ4v) is 4.41. The van der Waals surface area contributed by atoms with E-state index in [-0.39, 0.29) is 59.4 Å². The van der Waals surface area contributed by atoms with Crippen LogP contribution >= 0.6 is 0 Å². The Hall–Kier alpha value is -5.38. The van der Waals surface area contributed by atoms with Crippen molar-refractivity contribution in [3.8, 4) is 57.9 Å². The number of phenolic OH excluding ortho intramolecular Hbond substituents is 4. The van der Waals surface area contributed by atoms with Crippen LogP contribution in [0.4, 0.5) is 0 Å². The number of aromatic nitrogens is 2. The maximum Gasteiger partial charge on any atom is 0.202 e. The molecule has 0 radical (unpaired) electrons. The van der Waals surface area contributed by atoms with Gasteiger partial charge in [0.25, 0.3) is 0 Å². The number of nitrogens with zero attached hydrogens (tertiary/aromatic N) is 2. The summed E-state index contributed by atoms with van der Waals surface area (Å²) in [5, 5.41) is 81.6. The number of hydrogen-bond acceptors (Lipinski definition) is 8. The van der Waals surface area contributed by atoms with Crippen LogP contribution in [0, 0.1) is 0 Å². The standard InChI is InChI=1S/C28H24N2O8/c31-21-7-1-15(23(33)13-21)9-17-11-25(35)29(27(17)37)19-3-5-20(6-4-19)30-26(36)12-18(28(30)38)10-16-2-8-22(32)14-24(16)34/h1-8,11-14,31-38H,9-10H2. The van der Waals surface area contributed by atoms with Crippen LogP contribution < -0.4 is 0 Å². The van der Waals surface area contributed by atoms with Gasteiger partial charge in [-0.15, -0.1) is 0 Å². The molecule has 0 bridgehead atoms. The van der Waals surface area contributed by atoms with Crippen molar-refractivity contribution in [3.05, 3.63) is 95.1 Å². The van der Waals surface area contributed by atoms with E-state index >= 15 is 0 Å². The first-order valence-corrected chi connectivity index (χ1v) is 11.5. The van der Waals surface area contributed by atoms with Gasteiger partial charge >= 0.3 is 0 Å². The van der Waals surface area contributed by atoms with Crippen molar-refractivity contribution in [2.75, 3.05) is 0 Å². The van der Waals surface area contributed by atoms with E-state index < -0.39 is 0 Å². The van der Waals surface area contributed by atoms with Gasteiger partial charge in [-0.05, 0) is 47.5 Å². The number of benzene rings is 3. The molecule has 0 amide bonds. The van der Waals surface area contributed by atoms with E-state index in [0.717, 1.165) is 0 Å². The summed E-state index contributed by atoms with van der Waals surface area (Å²) in [6.45, 7) is 0. The predicted molar refractivity (Wildman–Crippen MR) is 137 cm³/mol. The van der Waals surface area contributed by atoms with Crippen molar-refractivity contribution >= 4 is 0 Å². The van der Waals surface area contributed by atoms with E-state index in [4.69, 9.17) is 0 Å². The molecule has 5 aromatic rings. The molecule has 3 aromatic carbocycles. The lowest BCUT2D eigenvalue weighted by Crippen LogP contribution is -1.97. The molecule has 5 rings (SSSR count). The molecule has 0 aliphatic heterocycles. The Labute approximate surface area is 216 Å². The van der Waals surface area contributed by atoms with Crippen molar-refractivity contribution in [3.63, 3.8) is 0 Å². The third-order valence-corrected chi connectivity index (χ3v) is 6.33. The average molecular weight is 517 g/mol. The highest BCUT2D eigenvalue weighted by atomic mass is 16.3. The van der Waals surface area contributed by atoms with Gasteiger partial charge < -0.3 is 40.9 Å². The summed E-state index contributed by atoms with van der Waals surface area (Å²) >= 11 is 0. The quantitative estimate of drug-likeness (QED) is 0.167. The van der Waals surface area contributed by atoms with E-state index in [1.807, 2.05) is 0 Å². The largest absolute Gasteiger partial charge is 0.508 e. The second-order valence-electron chi connectivity index (χ2n) is 8.87. The van der Waals surface area contributed by atoms with Gasteiger partial charge in [-0.25, -0.2) is 0 Å². The highest BCUT2D eigenvalue weighted by Gasteiger charge is 2.20. The Morgan fingerprint density at radius 1 is 0.421 bits per heavy atom. The van der Waals surface area contributed by atoms with Gasteiger partial charge in [-0.2, -0.15) is 0 Å². The molecular weight excluding hydrogens is 492 g/mol. The van der Waals surface area contributed by atoms with Crippen LogP contribution in [0.25, 0.3) is 11.4 Å². The fourth-order valence-electron chi connectivity index (χ4n) is 4.41. The van der Waals surface area contributed by atoms with Crippen LogP contribution in [0.1, 0.15) is 22.3 Å². The molecule has 10 nitrogen and oxygen atoms in total. The lowest BCUT2D eigenvalue weighted by Gasteiger charge is -2.11. The summed E-state index contributed by atoms with van der Waals surface area (Å²) < 4.78 is 2.40. The van der Waals surface area contributed by atoms with Gasteiger partial charge in [0.05, 0.1) is 11.4 Å². The Morgan fingerprint density at radius 3 is 1.13 bits per heavy atom. The van der Waals surface area contributed by atoms with Gasteiger partial charge in [-0.1, -0.05) is 12.1 Å². The fraction of sp³-hybridized carbons (Fsp3) is 0.0714. The minimum absolute atomic E-state index is 0.0960. The summed E-state index contributed by atoms with van der Waals surface area (Å²) in [5.74, 6) is -1.46. The number of phenols is 4. The van der Waals surface area contributed by atoms with Gasteiger partial charge in [0.15, 0.2) is 11.8 Å². The molecule has 0 fully saturated rings. The second-order valence-corrected chi connectivity index (χ2v) is 8.87. The molecule has 2 heterocycles. The lowest BCUT2D eigenvalue weighted by atomic mass is 10.1. The Kier molecular flexibility index (Phi) is 5.92. The van der Waals surface area contributed by atoms with E-state index in [0.29, 0.717) is 33.6 Å². The molecule has 2 aromatic heterocycles. The van der Waals surface area contributed by atoms with Gasteiger partial charge in [-0.3, -0.25) is 9.13 Å². The molecule has 0 aliphatic carbocycles.